The Kier molecular flexibility index (Phi) is 4.10. The van der Waals surface area contributed by atoms with Crippen molar-refractivity contribution in [3.63, 3.8) is 0 Å². The first kappa shape index (κ1) is 15.9. The van der Waals surface area contributed by atoms with Gasteiger partial charge in [0, 0.05) is 19.3 Å². The standard InChI is InChI=1S/C17H18N8O/c1-19-12-6-4-11(5-7-12)8-9-20-16-22-15(18)25-17(23-16)21-14(24-25)13-3-2-10-26-13/h2-7,10,19H,8-9H2,1H3,(H3,18,20,21,22,23,24). The van der Waals surface area contributed by atoms with Gasteiger partial charge < -0.3 is 20.8 Å². The van der Waals surface area contributed by atoms with Crippen molar-refractivity contribution in [2.45, 2.75) is 6.42 Å². The van der Waals surface area contributed by atoms with Gasteiger partial charge in [-0.1, -0.05) is 12.1 Å². The molecule has 0 aliphatic rings. The van der Waals surface area contributed by atoms with E-state index in [0.29, 0.717) is 29.9 Å². The Bertz CT molecular complexity index is 1010. The fraction of sp³-hybridized carbons (Fsp3) is 0.176. The molecule has 9 nitrogen and oxygen atoms in total. The molecule has 0 saturated heterocycles. The average Bonchev–Trinajstić information content (AvgIpc) is 3.32. The zero-order chi connectivity index (χ0) is 17.9. The topological polar surface area (TPSA) is 119 Å². The molecule has 0 unspecified atom stereocenters. The average molecular weight is 350 g/mol. The SMILES string of the molecule is CNc1ccc(CCNc2nc(N)n3nc(-c4ccco4)nc3n2)cc1. The highest BCUT2D eigenvalue weighted by Crippen LogP contribution is 2.17. The van der Waals surface area contributed by atoms with Crippen molar-refractivity contribution in [2.75, 3.05) is 30.0 Å². The molecule has 0 atom stereocenters. The van der Waals surface area contributed by atoms with Crippen molar-refractivity contribution in [2.24, 2.45) is 0 Å². The number of fused-ring (bicyclic) bond motifs is 1. The van der Waals surface area contributed by atoms with E-state index in [1.807, 2.05) is 19.2 Å². The number of nitrogens with zero attached hydrogens (tertiary/aromatic N) is 5. The first-order valence-corrected chi connectivity index (χ1v) is 8.17. The summed E-state index contributed by atoms with van der Waals surface area (Å²) in [6.07, 6.45) is 2.40. The number of nitrogens with two attached hydrogens (primary N) is 1. The number of furan rings is 1. The molecule has 0 aliphatic heterocycles. The highest BCUT2D eigenvalue weighted by atomic mass is 16.3. The minimum atomic E-state index is 0.209. The van der Waals surface area contributed by atoms with Crippen molar-refractivity contribution in [3.8, 4) is 11.6 Å². The van der Waals surface area contributed by atoms with E-state index in [2.05, 4.69) is 42.8 Å². The summed E-state index contributed by atoms with van der Waals surface area (Å²) < 4.78 is 6.69. The van der Waals surface area contributed by atoms with Gasteiger partial charge in [0.25, 0.3) is 5.78 Å². The molecule has 1 aromatic carbocycles. The number of hydrogen-bond acceptors (Lipinski definition) is 8. The van der Waals surface area contributed by atoms with Crippen LogP contribution < -0.4 is 16.4 Å². The van der Waals surface area contributed by atoms with E-state index in [-0.39, 0.29) is 5.95 Å². The van der Waals surface area contributed by atoms with Gasteiger partial charge in [-0.05, 0) is 36.2 Å². The molecular formula is C17H18N8O. The Morgan fingerprint density at radius 3 is 2.69 bits per heavy atom. The molecule has 0 spiro atoms. The third kappa shape index (κ3) is 3.14. The van der Waals surface area contributed by atoms with Gasteiger partial charge in [-0.25, -0.2) is 0 Å². The van der Waals surface area contributed by atoms with Gasteiger partial charge in [-0.2, -0.15) is 19.5 Å². The molecule has 4 N–H and O–H groups in total. The van der Waals surface area contributed by atoms with E-state index >= 15 is 0 Å². The molecule has 26 heavy (non-hydrogen) atoms. The van der Waals surface area contributed by atoms with Crippen LogP contribution >= 0.6 is 0 Å². The van der Waals surface area contributed by atoms with Crippen LogP contribution in [0.3, 0.4) is 0 Å². The lowest BCUT2D eigenvalue weighted by molar-refractivity contribution is 0.577. The summed E-state index contributed by atoms with van der Waals surface area (Å²) in [6, 6.07) is 11.8. The summed E-state index contributed by atoms with van der Waals surface area (Å²) >= 11 is 0. The molecular weight excluding hydrogens is 332 g/mol. The van der Waals surface area contributed by atoms with Crippen LogP contribution in [0.2, 0.25) is 0 Å². The monoisotopic (exact) mass is 350 g/mol. The zero-order valence-electron chi connectivity index (χ0n) is 14.2. The molecule has 4 rings (SSSR count). The van der Waals surface area contributed by atoms with Crippen LogP contribution in [-0.4, -0.2) is 38.2 Å². The van der Waals surface area contributed by atoms with Gasteiger partial charge in [-0.15, -0.1) is 5.10 Å². The molecule has 3 heterocycles. The van der Waals surface area contributed by atoms with E-state index < -0.39 is 0 Å². The van der Waals surface area contributed by atoms with Crippen LogP contribution in [0.1, 0.15) is 5.56 Å². The Balaban J connectivity index is 1.48. The maximum absolute atomic E-state index is 5.97. The number of nitrogen functional groups attached to an aromatic ring is 1. The molecule has 132 valence electrons. The van der Waals surface area contributed by atoms with E-state index in [0.717, 1.165) is 12.1 Å². The maximum Gasteiger partial charge on any atom is 0.259 e. The molecule has 9 heteroatoms. The Morgan fingerprint density at radius 2 is 1.96 bits per heavy atom. The molecule has 0 saturated carbocycles. The first-order valence-electron chi connectivity index (χ1n) is 8.17. The maximum atomic E-state index is 5.97. The zero-order valence-corrected chi connectivity index (χ0v) is 14.2. The van der Waals surface area contributed by atoms with Gasteiger partial charge in [-0.3, -0.25) is 0 Å². The van der Waals surface area contributed by atoms with Gasteiger partial charge in [0.05, 0.1) is 6.26 Å². The largest absolute Gasteiger partial charge is 0.461 e. The normalized spacial score (nSPS) is 11.0. The van der Waals surface area contributed by atoms with E-state index in [1.165, 1.54) is 10.1 Å². The quantitative estimate of drug-likeness (QED) is 0.483. The first-order chi connectivity index (χ1) is 12.7. The molecule has 0 radical (unpaired) electrons. The molecule has 0 fully saturated rings. The summed E-state index contributed by atoms with van der Waals surface area (Å²) in [7, 11) is 1.90. The highest BCUT2D eigenvalue weighted by Gasteiger charge is 2.13. The van der Waals surface area contributed by atoms with Gasteiger partial charge in [0.2, 0.25) is 17.7 Å². The van der Waals surface area contributed by atoms with Crippen LogP contribution in [0.5, 0.6) is 0 Å². The Morgan fingerprint density at radius 1 is 1.12 bits per heavy atom. The number of benzene rings is 1. The fourth-order valence-electron chi connectivity index (χ4n) is 2.55. The van der Waals surface area contributed by atoms with Gasteiger partial charge >= 0.3 is 0 Å². The van der Waals surface area contributed by atoms with Crippen LogP contribution in [0.4, 0.5) is 17.6 Å². The van der Waals surface area contributed by atoms with Crippen molar-refractivity contribution in [1.29, 1.82) is 0 Å². The second-order valence-corrected chi connectivity index (χ2v) is 5.65. The Labute approximate surface area is 149 Å². The molecule has 4 aromatic rings. The fourth-order valence-corrected chi connectivity index (χ4v) is 2.55. The summed E-state index contributed by atoms with van der Waals surface area (Å²) in [5, 5.41) is 10.5. The predicted molar refractivity (Wildman–Crippen MR) is 98.9 cm³/mol. The minimum Gasteiger partial charge on any atom is -0.461 e. The lowest BCUT2D eigenvalue weighted by Crippen LogP contribution is -2.12. The van der Waals surface area contributed by atoms with Gasteiger partial charge in [0.15, 0.2) is 5.76 Å². The summed E-state index contributed by atoms with van der Waals surface area (Å²) in [6.45, 7) is 0.674. The molecule has 0 bridgehead atoms. The van der Waals surface area contributed by atoms with Crippen LogP contribution in [0, 0.1) is 0 Å². The number of aromatic nitrogens is 5. The predicted octanol–water partition coefficient (Wildman–Crippen LogP) is 2.06. The molecule has 0 aliphatic carbocycles. The third-order valence-electron chi connectivity index (χ3n) is 3.91. The summed E-state index contributed by atoms with van der Waals surface area (Å²) in [5.74, 6) is 1.96. The second kappa shape index (κ2) is 6.71. The van der Waals surface area contributed by atoms with Crippen molar-refractivity contribution < 1.29 is 4.42 Å². The van der Waals surface area contributed by atoms with Crippen LogP contribution in [0.15, 0.2) is 47.1 Å². The van der Waals surface area contributed by atoms with E-state index in [9.17, 15) is 0 Å². The summed E-state index contributed by atoms with van der Waals surface area (Å²) in [4.78, 5) is 12.9. The van der Waals surface area contributed by atoms with Crippen LogP contribution in [-0.2, 0) is 6.42 Å². The lowest BCUT2D eigenvalue weighted by Gasteiger charge is -2.06. The third-order valence-corrected chi connectivity index (χ3v) is 3.91. The van der Waals surface area contributed by atoms with Crippen LogP contribution in [0.25, 0.3) is 17.4 Å². The summed E-state index contributed by atoms with van der Waals surface area (Å²) in [5.41, 5.74) is 8.27. The minimum absolute atomic E-state index is 0.209. The smallest absolute Gasteiger partial charge is 0.259 e. The van der Waals surface area contributed by atoms with E-state index in [1.54, 1.807) is 18.4 Å². The molecule has 0 amide bonds. The second-order valence-electron chi connectivity index (χ2n) is 5.65. The lowest BCUT2D eigenvalue weighted by atomic mass is 10.1. The number of nitrogens with one attached hydrogen (secondary N) is 2. The van der Waals surface area contributed by atoms with Crippen molar-refractivity contribution in [3.05, 3.63) is 48.2 Å². The number of anilines is 3. The van der Waals surface area contributed by atoms with E-state index in [4.69, 9.17) is 10.2 Å². The van der Waals surface area contributed by atoms with Gasteiger partial charge in [0.1, 0.15) is 0 Å². The highest BCUT2D eigenvalue weighted by molar-refractivity contribution is 5.52. The van der Waals surface area contributed by atoms with Crippen molar-refractivity contribution >= 4 is 23.4 Å². The Hall–Kier alpha value is -3.62. The number of rotatable bonds is 6. The number of hydrogen-bond donors (Lipinski definition) is 3. The van der Waals surface area contributed by atoms with Crippen molar-refractivity contribution in [1.82, 2.24) is 24.6 Å². The molecule has 3 aromatic heterocycles.